The average Bonchev–Trinajstić information content (AvgIpc) is 2.84. The Morgan fingerprint density at radius 2 is 1.84 bits per heavy atom. The van der Waals surface area contributed by atoms with Gasteiger partial charge in [0.25, 0.3) is 0 Å². The van der Waals surface area contributed by atoms with Crippen molar-refractivity contribution in [3.05, 3.63) is 46.5 Å². The molecule has 0 bridgehead atoms. The highest BCUT2D eigenvalue weighted by Gasteiger charge is 2.22. The molecular weight excluding hydrogens is 412 g/mol. The molecule has 0 spiro atoms. The lowest BCUT2D eigenvalue weighted by Gasteiger charge is -2.37. The van der Waals surface area contributed by atoms with E-state index < -0.39 is 0 Å². The monoisotopic (exact) mass is 442 g/mol. The van der Waals surface area contributed by atoms with Crippen molar-refractivity contribution < 1.29 is 14.4 Å². The van der Waals surface area contributed by atoms with Crippen LogP contribution in [0.5, 0.6) is 5.75 Å². The number of nitro groups is 1. The highest BCUT2D eigenvalue weighted by molar-refractivity contribution is 5.61. The predicted octanol–water partition coefficient (Wildman–Crippen LogP) is 2.07. The van der Waals surface area contributed by atoms with Gasteiger partial charge in [-0.2, -0.15) is 0 Å². The summed E-state index contributed by atoms with van der Waals surface area (Å²) in [5.74, 6) is 1.93. The largest absolute Gasteiger partial charge is 0.497 e. The lowest BCUT2D eigenvalue weighted by molar-refractivity contribution is -0.384. The highest BCUT2D eigenvalue weighted by atomic mass is 16.6. The van der Waals surface area contributed by atoms with E-state index in [1.54, 1.807) is 19.2 Å². The topological polar surface area (TPSA) is 96.2 Å². The minimum atomic E-state index is -0.380. The lowest BCUT2D eigenvalue weighted by Crippen LogP contribution is -2.46. The van der Waals surface area contributed by atoms with Crippen LogP contribution in [0.4, 0.5) is 23.0 Å². The zero-order chi connectivity index (χ0) is 22.3. The first-order chi connectivity index (χ1) is 15.6. The van der Waals surface area contributed by atoms with E-state index in [0.29, 0.717) is 12.4 Å². The number of rotatable bonds is 8. The zero-order valence-electron chi connectivity index (χ0n) is 18.4. The third-order valence-electron chi connectivity index (χ3n) is 5.90. The smallest absolute Gasteiger partial charge is 0.311 e. The number of hydrogen-bond donors (Lipinski definition) is 1. The first-order valence-corrected chi connectivity index (χ1v) is 11.0. The molecule has 0 saturated carbocycles. The fraction of sp³-hybridized carbons (Fsp3) is 0.500. The molecule has 0 radical (unpaired) electrons. The van der Waals surface area contributed by atoms with Crippen molar-refractivity contribution in [1.82, 2.24) is 9.88 Å². The Labute approximate surface area is 187 Å². The molecule has 1 N–H and O–H groups in total. The highest BCUT2D eigenvalue weighted by Crippen LogP contribution is 2.27. The summed E-state index contributed by atoms with van der Waals surface area (Å²) in [5, 5.41) is 14.7. The zero-order valence-corrected chi connectivity index (χ0v) is 18.4. The molecule has 0 unspecified atom stereocenters. The quantitative estimate of drug-likeness (QED) is 0.487. The number of benzene rings is 1. The van der Waals surface area contributed by atoms with Gasteiger partial charge in [0.1, 0.15) is 11.6 Å². The van der Waals surface area contributed by atoms with Crippen LogP contribution in [0, 0.1) is 10.1 Å². The molecule has 10 nitrogen and oxygen atoms in total. The van der Waals surface area contributed by atoms with Crippen molar-refractivity contribution in [2.45, 2.75) is 0 Å². The molecule has 2 aromatic rings. The summed E-state index contributed by atoms with van der Waals surface area (Å²) in [6.45, 7) is 7.88. The van der Waals surface area contributed by atoms with E-state index in [1.165, 1.54) is 0 Å². The van der Waals surface area contributed by atoms with Crippen LogP contribution in [-0.2, 0) is 4.74 Å². The van der Waals surface area contributed by atoms with Crippen molar-refractivity contribution in [3.63, 3.8) is 0 Å². The number of anilines is 3. The first kappa shape index (κ1) is 22.1. The fourth-order valence-corrected chi connectivity index (χ4v) is 4.05. The number of hydrogen-bond acceptors (Lipinski definition) is 9. The summed E-state index contributed by atoms with van der Waals surface area (Å²) < 4.78 is 10.7. The Kier molecular flexibility index (Phi) is 7.23. The average molecular weight is 443 g/mol. The van der Waals surface area contributed by atoms with Gasteiger partial charge >= 0.3 is 5.69 Å². The van der Waals surface area contributed by atoms with Gasteiger partial charge in [0.05, 0.1) is 25.2 Å². The third kappa shape index (κ3) is 5.38. The molecule has 1 aromatic carbocycles. The molecule has 0 atom stereocenters. The van der Waals surface area contributed by atoms with Crippen LogP contribution in [0.25, 0.3) is 0 Å². The normalized spacial score (nSPS) is 17.3. The van der Waals surface area contributed by atoms with E-state index in [1.807, 2.05) is 18.2 Å². The van der Waals surface area contributed by atoms with Gasteiger partial charge in [-0.15, -0.1) is 0 Å². The van der Waals surface area contributed by atoms with Gasteiger partial charge in [0, 0.05) is 70.2 Å². The molecule has 2 fully saturated rings. The molecule has 4 rings (SSSR count). The summed E-state index contributed by atoms with van der Waals surface area (Å²) in [7, 11) is 1.67. The molecule has 0 amide bonds. The molecule has 2 aliphatic rings. The maximum Gasteiger partial charge on any atom is 0.311 e. The van der Waals surface area contributed by atoms with Gasteiger partial charge < -0.3 is 24.6 Å². The molecule has 0 aliphatic carbocycles. The van der Waals surface area contributed by atoms with E-state index in [2.05, 4.69) is 31.1 Å². The van der Waals surface area contributed by atoms with Crippen LogP contribution in [0.2, 0.25) is 0 Å². The molecule has 10 heteroatoms. The third-order valence-corrected chi connectivity index (χ3v) is 5.90. The molecule has 172 valence electrons. The number of piperazine rings is 1. The molecule has 32 heavy (non-hydrogen) atoms. The number of aromatic nitrogens is 1. The second-order valence-electron chi connectivity index (χ2n) is 7.85. The van der Waals surface area contributed by atoms with Gasteiger partial charge in [0.2, 0.25) is 5.82 Å². The Balaban J connectivity index is 1.38. The number of methoxy groups -OCH3 is 1. The van der Waals surface area contributed by atoms with E-state index in [-0.39, 0.29) is 10.6 Å². The van der Waals surface area contributed by atoms with Crippen molar-refractivity contribution in [1.29, 1.82) is 0 Å². The number of nitrogens with zero attached hydrogens (tertiary/aromatic N) is 5. The Morgan fingerprint density at radius 1 is 1.09 bits per heavy atom. The second-order valence-corrected chi connectivity index (χ2v) is 7.85. The number of morpholine rings is 1. The second kappa shape index (κ2) is 10.5. The van der Waals surface area contributed by atoms with Crippen LogP contribution in [0.3, 0.4) is 0 Å². The van der Waals surface area contributed by atoms with Crippen molar-refractivity contribution in [2.75, 3.05) is 87.8 Å². The van der Waals surface area contributed by atoms with Crippen LogP contribution in [0.1, 0.15) is 0 Å². The summed E-state index contributed by atoms with van der Waals surface area (Å²) in [6, 6.07) is 11.3. The predicted molar refractivity (Wildman–Crippen MR) is 124 cm³/mol. The Bertz CT molecular complexity index is 913. The van der Waals surface area contributed by atoms with Gasteiger partial charge in [-0.3, -0.25) is 15.0 Å². The SMILES string of the molecule is COc1cccc(N2CCN(c3ccc([N+](=O)[O-])c(NCCN4CCOCC4)n3)CC2)c1. The molecule has 1 aromatic heterocycles. The van der Waals surface area contributed by atoms with Gasteiger partial charge in [-0.25, -0.2) is 4.98 Å². The van der Waals surface area contributed by atoms with E-state index in [0.717, 1.165) is 76.3 Å². The molecule has 2 saturated heterocycles. The summed E-state index contributed by atoms with van der Waals surface area (Å²) in [6.07, 6.45) is 0. The minimum absolute atomic E-state index is 0.00532. The summed E-state index contributed by atoms with van der Waals surface area (Å²) in [4.78, 5) is 22.5. The van der Waals surface area contributed by atoms with Crippen LogP contribution >= 0.6 is 0 Å². The number of nitrogens with one attached hydrogen (secondary N) is 1. The molecular formula is C22H30N6O4. The number of ether oxygens (including phenoxy) is 2. The van der Waals surface area contributed by atoms with Crippen LogP contribution < -0.4 is 19.9 Å². The minimum Gasteiger partial charge on any atom is -0.497 e. The van der Waals surface area contributed by atoms with Crippen molar-refractivity contribution in [2.24, 2.45) is 0 Å². The Morgan fingerprint density at radius 3 is 2.56 bits per heavy atom. The summed E-state index contributed by atoms with van der Waals surface area (Å²) >= 11 is 0. The lowest BCUT2D eigenvalue weighted by atomic mass is 10.2. The molecule has 2 aliphatic heterocycles. The summed E-state index contributed by atoms with van der Waals surface area (Å²) in [5.41, 5.74) is 1.14. The van der Waals surface area contributed by atoms with E-state index >= 15 is 0 Å². The van der Waals surface area contributed by atoms with E-state index in [4.69, 9.17) is 9.47 Å². The van der Waals surface area contributed by atoms with Crippen LogP contribution in [0.15, 0.2) is 36.4 Å². The van der Waals surface area contributed by atoms with Crippen molar-refractivity contribution >= 4 is 23.0 Å². The van der Waals surface area contributed by atoms with E-state index in [9.17, 15) is 10.1 Å². The standard InChI is InChI=1S/C22H30N6O4/c1-31-19-4-2-3-18(17-19)26-9-11-27(12-10-26)21-6-5-20(28(29)30)22(24-21)23-7-8-25-13-15-32-16-14-25/h2-6,17H,7-16H2,1H3,(H,23,24). The maximum atomic E-state index is 11.5. The van der Waals surface area contributed by atoms with Crippen LogP contribution in [-0.4, -0.2) is 87.5 Å². The molecule has 3 heterocycles. The van der Waals surface area contributed by atoms with Gasteiger partial charge in [-0.1, -0.05) is 6.07 Å². The number of pyridine rings is 1. The van der Waals surface area contributed by atoms with Gasteiger partial charge in [-0.05, 0) is 18.2 Å². The maximum absolute atomic E-state index is 11.5. The van der Waals surface area contributed by atoms with Crippen molar-refractivity contribution in [3.8, 4) is 5.75 Å². The van der Waals surface area contributed by atoms with Gasteiger partial charge in [0.15, 0.2) is 0 Å². The fourth-order valence-electron chi connectivity index (χ4n) is 4.05. The Hall–Kier alpha value is -3.11. The first-order valence-electron chi connectivity index (χ1n) is 11.0.